The summed E-state index contributed by atoms with van der Waals surface area (Å²) in [5, 5.41) is 9.80. The molecule has 0 bridgehead atoms. The van der Waals surface area contributed by atoms with Crippen LogP contribution in [0.15, 0.2) is 91.0 Å². The zero-order chi connectivity index (χ0) is 35.0. The number of ether oxygens (including phenoxy) is 1. The Hall–Kier alpha value is -5.45. The molecule has 4 amide bonds. The van der Waals surface area contributed by atoms with E-state index < -0.39 is 47.9 Å². The van der Waals surface area contributed by atoms with Crippen LogP contribution in [0.25, 0.3) is 10.9 Å². The van der Waals surface area contributed by atoms with Crippen molar-refractivity contribution in [1.29, 1.82) is 0 Å². The quantitative estimate of drug-likeness (QED) is 0.174. The minimum atomic E-state index is -1.03. The van der Waals surface area contributed by atoms with Gasteiger partial charge in [-0.25, -0.2) is 4.79 Å². The number of hydrogen-bond donors (Lipinski definition) is 3. The van der Waals surface area contributed by atoms with Crippen LogP contribution < -0.4 is 16.0 Å². The maximum atomic E-state index is 14.2. The molecule has 0 unspecified atom stereocenters. The summed E-state index contributed by atoms with van der Waals surface area (Å²) < 4.78 is 7.39. The number of hydrogen-bond acceptors (Lipinski definition) is 6. The number of benzene rings is 3. The van der Waals surface area contributed by atoms with Crippen molar-refractivity contribution in [3.63, 3.8) is 0 Å². The molecule has 4 atom stereocenters. The predicted molar refractivity (Wildman–Crippen MR) is 188 cm³/mol. The van der Waals surface area contributed by atoms with Crippen LogP contribution in [0.3, 0.4) is 0 Å². The van der Waals surface area contributed by atoms with Gasteiger partial charge in [0.15, 0.2) is 0 Å². The van der Waals surface area contributed by atoms with Gasteiger partial charge in [-0.1, -0.05) is 66.7 Å². The van der Waals surface area contributed by atoms with Crippen LogP contribution >= 0.6 is 0 Å². The average molecular weight is 678 g/mol. The fourth-order valence-electron chi connectivity index (χ4n) is 6.87. The van der Waals surface area contributed by atoms with Gasteiger partial charge in [0.05, 0.1) is 12.2 Å². The summed E-state index contributed by atoms with van der Waals surface area (Å²) in [6, 6.07) is 24.3. The number of aryl methyl sites for hydroxylation is 1. The molecule has 3 N–H and O–H groups in total. The number of para-hydroxylation sites is 1. The van der Waals surface area contributed by atoms with Crippen molar-refractivity contribution in [2.45, 2.75) is 69.1 Å². The number of nitrogens with zero attached hydrogens (tertiary/aromatic N) is 2. The maximum Gasteiger partial charge on any atom is 0.338 e. The van der Waals surface area contributed by atoms with Gasteiger partial charge in [0.25, 0.3) is 0 Å². The van der Waals surface area contributed by atoms with E-state index in [9.17, 15) is 24.0 Å². The van der Waals surface area contributed by atoms with Crippen LogP contribution in [0.2, 0.25) is 0 Å². The number of unbranched alkanes of at least 4 members (excludes halogenated alkanes) is 1. The van der Waals surface area contributed by atoms with Crippen LogP contribution in [-0.4, -0.2) is 76.4 Å². The Morgan fingerprint density at radius 3 is 2.18 bits per heavy atom. The molecule has 260 valence electrons. The SMILES string of the molecule is Cn1c(C[C@@H]2NC(=O)[C@H](CCCCOC(=O)c3ccccc3)NC(=O)[C@H]3CCCN3C(=O)[C@H](Cc3ccccc3)NC2=O)cc2ccccc21. The first-order valence-electron chi connectivity index (χ1n) is 17.3. The van der Waals surface area contributed by atoms with Gasteiger partial charge in [0.1, 0.15) is 24.2 Å². The summed E-state index contributed by atoms with van der Waals surface area (Å²) in [6.45, 7) is 0.525. The van der Waals surface area contributed by atoms with Crippen LogP contribution in [-0.2, 0) is 43.8 Å². The molecule has 0 saturated carbocycles. The van der Waals surface area contributed by atoms with Crippen molar-refractivity contribution in [3.05, 3.63) is 108 Å². The maximum absolute atomic E-state index is 14.2. The Kier molecular flexibility index (Phi) is 10.9. The highest BCUT2D eigenvalue weighted by Crippen LogP contribution is 2.23. The van der Waals surface area contributed by atoms with Crippen LogP contribution in [0, 0.1) is 0 Å². The van der Waals surface area contributed by atoms with Crippen molar-refractivity contribution in [2.75, 3.05) is 13.2 Å². The molecule has 3 aromatic carbocycles. The van der Waals surface area contributed by atoms with E-state index in [-0.39, 0.29) is 31.8 Å². The van der Waals surface area contributed by atoms with E-state index in [0.29, 0.717) is 37.8 Å². The molecular weight excluding hydrogens is 634 g/mol. The second-order valence-corrected chi connectivity index (χ2v) is 13.0. The Morgan fingerprint density at radius 2 is 1.42 bits per heavy atom. The van der Waals surface area contributed by atoms with Gasteiger partial charge in [0, 0.05) is 37.6 Å². The Labute approximate surface area is 291 Å². The molecule has 11 heteroatoms. The highest BCUT2D eigenvalue weighted by Gasteiger charge is 2.40. The van der Waals surface area contributed by atoms with Crippen LogP contribution in [0.5, 0.6) is 0 Å². The molecule has 6 rings (SSSR count). The monoisotopic (exact) mass is 677 g/mol. The van der Waals surface area contributed by atoms with Crippen LogP contribution in [0.4, 0.5) is 0 Å². The van der Waals surface area contributed by atoms with Crippen LogP contribution in [0.1, 0.15) is 53.7 Å². The summed E-state index contributed by atoms with van der Waals surface area (Å²) in [5.74, 6) is -2.13. The lowest BCUT2D eigenvalue weighted by Gasteiger charge is -2.32. The van der Waals surface area contributed by atoms with Gasteiger partial charge in [-0.15, -0.1) is 0 Å². The molecule has 50 heavy (non-hydrogen) atoms. The number of carbonyl (C=O) groups is 5. The fraction of sp³-hybridized carbons (Fsp3) is 0.359. The zero-order valence-electron chi connectivity index (χ0n) is 28.2. The number of aromatic nitrogens is 1. The van der Waals surface area contributed by atoms with Crippen molar-refractivity contribution in [3.8, 4) is 0 Å². The Morgan fingerprint density at radius 1 is 0.760 bits per heavy atom. The summed E-state index contributed by atoms with van der Waals surface area (Å²) >= 11 is 0. The predicted octanol–water partition coefficient (Wildman–Crippen LogP) is 3.45. The summed E-state index contributed by atoms with van der Waals surface area (Å²) in [7, 11) is 1.91. The summed E-state index contributed by atoms with van der Waals surface area (Å²) in [5.41, 5.74) is 3.13. The van der Waals surface area contributed by atoms with Gasteiger partial charge in [-0.2, -0.15) is 0 Å². The van der Waals surface area contributed by atoms with Gasteiger partial charge in [-0.3, -0.25) is 19.2 Å². The van der Waals surface area contributed by atoms with Crippen molar-refractivity contribution in [2.24, 2.45) is 7.05 Å². The third kappa shape index (κ3) is 8.05. The lowest BCUT2D eigenvalue weighted by Crippen LogP contribution is -2.62. The molecule has 4 aromatic rings. The number of nitrogens with one attached hydrogen (secondary N) is 3. The van der Waals surface area contributed by atoms with Gasteiger partial charge in [0.2, 0.25) is 23.6 Å². The average Bonchev–Trinajstić information content (AvgIpc) is 3.75. The molecule has 0 radical (unpaired) electrons. The largest absolute Gasteiger partial charge is 0.462 e. The third-order valence-electron chi connectivity index (χ3n) is 9.60. The van der Waals surface area contributed by atoms with E-state index >= 15 is 0 Å². The van der Waals surface area contributed by atoms with Crippen molar-refractivity contribution >= 4 is 40.5 Å². The lowest BCUT2D eigenvalue weighted by atomic mass is 10.0. The highest BCUT2D eigenvalue weighted by molar-refractivity contribution is 5.98. The normalized spacial score (nSPS) is 21.4. The molecule has 11 nitrogen and oxygen atoms in total. The first-order valence-corrected chi connectivity index (χ1v) is 17.3. The Bertz CT molecular complexity index is 1840. The van der Waals surface area contributed by atoms with Gasteiger partial charge >= 0.3 is 5.97 Å². The second kappa shape index (κ2) is 15.8. The number of carbonyl (C=O) groups excluding carboxylic acids is 5. The smallest absolute Gasteiger partial charge is 0.338 e. The molecule has 2 saturated heterocycles. The van der Waals surface area contributed by atoms with Crippen molar-refractivity contribution < 1.29 is 28.7 Å². The number of rotatable bonds is 10. The first kappa shape index (κ1) is 34.4. The van der Waals surface area contributed by atoms with Gasteiger partial charge in [-0.05, 0) is 67.3 Å². The van der Waals surface area contributed by atoms with E-state index in [1.165, 1.54) is 0 Å². The molecule has 0 spiro atoms. The molecule has 2 aliphatic heterocycles. The number of esters is 1. The van der Waals surface area contributed by atoms with E-state index in [2.05, 4.69) is 16.0 Å². The molecular formula is C39H43N5O6. The van der Waals surface area contributed by atoms with E-state index in [4.69, 9.17) is 4.74 Å². The van der Waals surface area contributed by atoms with E-state index in [1.807, 2.05) is 78.3 Å². The van der Waals surface area contributed by atoms with Crippen molar-refractivity contribution in [1.82, 2.24) is 25.4 Å². The standard InChI is InChI=1S/C39H43N5O6/c1-43-29(24-28-17-8-9-19-33(28)43)25-31-36(46)42-32(23-26-13-4-2-5-14-26)38(48)44-21-12-20-34(44)37(47)40-30(35(45)41-31)18-10-11-22-50-39(49)27-15-6-3-7-16-27/h2-9,13-17,19,24,30-32,34H,10-12,18,20-23,25H2,1H3,(H,40,47)(H,41,45)(H,42,46)/t30-,31-,32-,34+/m0/s1. The van der Waals surface area contributed by atoms with E-state index in [0.717, 1.165) is 22.2 Å². The zero-order valence-corrected chi connectivity index (χ0v) is 28.2. The fourth-order valence-corrected chi connectivity index (χ4v) is 6.87. The van der Waals surface area contributed by atoms with Gasteiger partial charge < -0.3 is 30.2 Å². The third-order valence-corrected chi connectivity index (χ3v) is 9.60. The topological polar surface area (TPSA) is 139 Å². The Balaban J connectivity index is 1.23. The summed E-state index contributed by atoms with van der Waals surface area (Å²) in [4.78, 5) is 69.9. The minimum absolute atomic E-state index is 0.149. The van der Waals surface area contributed by atoms with E-state index in [1.54, 1.807) is 29.2 Å². The number of amides is 4. The second-order valence-electron chi connectivity index (χ2n) is 13.0. The molecule has 3 heterocycles. The summed E-state index contributed by atoms with van der Waals surface area (Å²) in [6.07, 6.45) is 2.67. The molecule has 2 fully saturated rings. The first-order chi connectivity index (χ1) is 24.3. The molecule has 0 aliphatic carbocycles. The molecule has 2 aliphatic rings. The number of fused-ring (bicyclic) bond motifs is 2. The highest BCUT2D eigenvalue weighted by atomic mass is 16.5. The molecule has 1 aromatic heterocycles. The lowest BCUT2D eigenvalue weighted by molar-refractivity contribution is -0.143. The minimum Gasteiger partial charge on any atom is -0.462 e.